The Kier molecular flexibility index (Phi) is 7.93. The average Bonchev–Trinajstić information content (AvgIpc) is 3.42. The molecule has 1 aliphatic heterocycles. The molecule has 36 heavy (non-hydrogen) atoms. The normalized spacial score (nSPS) is 20.0. The number of nitroso groups, excluding NO2 is 1. The molecule has 3 aromatic rings. The first-order valence-electron chi connectivity index (χ1n) is 11.4. The zero-order valence-electron chi connectivity index (χ0n) is 19.2. The van der Waals surface area contributed by atoms with Crippen molar-refractivity contribution in [3.63, 3.8) is 0 Å². The zero-order chi connectivity index (χ0) is 24.4. The van der Waals surface area contributed by atoms with Gasteiger partial charge in [-0.05, 0) is 61.1 Å². The fourth-order valence-electron chi connectivity index (χ4n) is 4.60. The van der Waals surface area contributed by atoms with Crippen LogP contribution in [0.5, 0.6) is 5.75 Å². The summed E-state index contributed by atoms with van der Waals surface area (Å²) in [6.45, 7) is 0. The number of hydrogen-bond acceptors (Lipinski definition) is 8. The second-order valence-electron chi connectivity index (χ2n) is 8.92. The highest BCUT2D eigenvalue weighted by Crippen LogP contribution is 2.35. The summed E-state index contributed by atoms with van der Waals surface area (Å²) in [4.78, 5) is 22.7. The van der Waals surface area contributed by atoms with Crippen LogP contribution in [-0.4, -0.2) is 30.9 Å². The van der Waals surface area contributed by atoms with Gasteiger partial charge >= 0.3 is 6.16 Å². The second-order valence-corrected chi connectivity index (χ2v) is 11.0. The SMILES string of the molecule is O=[NH+]c1ccc(OC(=O)OC2CCC(c3cc(Nc4ccc5c(c4)CS(=O)(=O)C5)n[nH]3)CC2)cc1.[I-]. The van der Waals surface area contributed by atoms with Crippen LogP contribution in [0.3, 0.4) is 0 Å². The molecule has 0 radical (unpaired) electrons. The molecule has 0 saturated heterocycles. The summed E-state index contributed by atoms with van der Waals surface area (Å²) in [5.41, 5.74) is 3.87. The molecule has 10 nitrogen and oxygen atoms in total. The lowest BCUT2D eigenvalue weighted by Crippen LogP contribution is -3.00. The Morgan fingerprint density at radius 3 is 2.44 bits per heavy atom. The smallest absolute Gasteiger partial charge is 0.514 e. The molecular formula is C24H25IN4O6S. The molecule has 1 aliphatic carbocycles. The number of hydrogen-bond donors (Lipinski definition) is 3. The monoisotopic (exact) mass is 624 g/mol. The molecule has 1 saturated carbocycles. The van der Waals surface area contributed by atoms with E-state index in [1.54, 1.807) is 5.18 Å². The molecule has 0 atom stereocenters. The van der Waals surface area contributed by atoms with Crippen LogP contribution in [0.1, 0.15) is 48.4 Å². The number of H-pyrrole nitrogens is 1. The van der Waals surface area contributed by atoms with Crippen molar-refractivity contribution >= 4 is 33.2 Å². The molecule has 0 spiro atoms. The van der Waals surface area contributed by atoms with E-state index in [0.29, 0.717) is 30.1 Å². The summed E-state index contributed by atoms with van der Waals surface area (Å²) in [5.74, 6) is 1.43. The number of halogens is 1. The number of aromatic amines is 1. The molecule has 1 aromatic heterocycles. The molecule has 0 unspecified atom stereocenters. The first-order valence-corrected chi connectivity index (χ1v) is 13.2. The summed E-state index contributed by atoms with van der Waals surface area (Å²) in [6.07, 6.45) is 2.11. The summed E-state index contributed by atoms with van der Waals surface area (Å²) < 4.78 is 34.3. The predicted octanol–water partition coefficient (Wildman–Crippen LogP) is 0.306. The van der Waals surface area contributed by atoms with Gasteiger partial charge in [0.05, 0.1) is 11.5 Å². The maximum atomic E-state index is 12.1. The predicted molar refractivity (Wildman–Crippen MR) is 127 cm³/mol. The maximum absolute atomic E-state index is 12.1. The van der Waals surface area contributed by atoms with Crippen molar-refractivity contribution in [3.05, 3.63) is 70.3 Å². The molecule has 190 valence electrons. The molecule has 2 aromatic carbocycles. The van der Waals surface area contributed by atoms with Crippen LogP contribution in [0.4, 0.5) is 22.0 Å². The highest BCUT2D eigenvalue weighted by molar-refractivity contribution is 7.90. The van der Waals surface area contributed by atoms with E-state index in [9.17, 15) is 18.1 Å². The third-order valence-electron chi connectivity index (χ3n) is 6.38. The number of rotatable bonds is 6. The van der Waals surface area contributed by atoms with Gasteiger partial charge in [-0.25, -0.2) is 13.2 Å². The van der Waals surface area contributed by atoms with Crippen molar-refractivity contribution < 1.29 is 51.8 Å². The number of ether oxygens (including phenoxy) is 2. The van der Waals surface area contributed by atoms with Crippen molar-refractivity contribution in [2.75, 3.05) is 5.32 Å². The number of sulfone groups is 1. The highest BCUT2D eigenvalue weighted by Gasteiger charge is 2.27. The van der Waals surface area contributed by atoms with Crippen LogP contribution >= 0.6 is 0 Å². The summed E-state index contributed by atoms with van der Waals surface area (Å²) in [6, 6.07) is 13.6. The molecule has 0 amide bonds. The Bertz CT molecular complexity index is 1350. The van der Waals surface area contributed by atoms with Crippen LogP contribution in [0, 0.1) is 4.91 Å². The number of fused-ring (bicyclic) bond motifs is 1. The Morgan fingerprint density at radius 1 is 1.00 bits per heavy atom. The Morgan fingerprint density at radius 2 is 1.72 bits per heavy atom. The largest absolute Gasteiger partial charge is 1.00 e. The van der Waals surface area contributed by atoms with Crippen molar-refractivity contribution in [1.29, 1.82) is 0 Å². The number of carbonyl (C=O) groups excluding carboxylic acids is 1. The molecule has 2 heterocycles. The highest BCUT2D eigenvalue weighted by atomic mass is 127. The van der Waals surface area contributed by atoms with Gasteiger partial charge in [0.1, 0.15) is 11.9 Å². The van der Waals surface area contributed by atoms with E-state index >= 15 is 0 Å². The van der Waals surface area contributed by atoms with E-state index < -0.39 is 16.0 Å². The van der Waals surface area contributed by atoms with Gasteiger partial charge in [-0.2, -0.15) is 5.10 Å². The van der Waals surface area contributed by atoms with Gasteiger partial charge < -0.3 is 38.8 Å². The number of nitrogens with one attached hydrogen (secondary N) is 3. The van der Waals surface area contributed by atoms with E-state index in [-0.39, 0.29) is 47.5 Å². The minimum Gasteiger partial charge on any atom is -1.00 e. The van der Waals surface area contributed by atoms with E-state index in [4.69, 9.17) is 9.47 Å². The Hall–Kier alpha value is -3.00. The fraction of sp³-hybridized carbons (Fsp3) is 0.333. The van der Waals surface area contributed by atoms with E-state index in [2.05, 4.69) is 15.5 Å². The topological polar surface area (TPSA) is 141 Å². The lowest BCUT2D eigenvalue weighted by atomic mass is 9.85. The lowest BCUT2D eigenvalue weighted by Gasteiger charge is -2.27. The van der Waals surface area contributed by atoms with E-state index in [1.165, 1.54) is 24.3 Å². The number of aromatic nitrogens is 2. The first-order chi connectivity index (χ1) is 16.9. The van der Waals surface area contributed by atoms with Crippen LogP contribution in [-0.2, 0) is 26.1 Å². The number of carbonyl (C=O) groups is 1. The van der Waals surface area contributed by atoms with Gasteiger partial charge in [0, 0.05) is 45.6 Å². The van der Waals surface area contributed by atoms with Crippen molar-refractivity contribution in [2.24, 2.45) is 0 Å². The van der Waals surface area contributed by atoms with Crippen LogP contribution in [0.15, 0.2) is 48.5 Å². The molecule has 5 rings (SSSR count). The van der Waals surface area contributed by atoms with Crippen LogP contribution < -0.4 is 39.2 Å². The van der Waals surface area contributed by atoms with E-state index in [1.807, 2.05) is 24.3 Å². The van der Waals surface area contributed by atoms with Gasteiger partial charge in [-0.15, -0.1) is 0 Å². The zero-order valence-corrected chi connectivity index (χ0v) is 22.2. The van der Waals surface area contributed by atoms with Gasteiger partial charge in [-0.3, -0.25) is 5.10 Å². The second kappa shape index (κ2) is 10.9. The minimum atomic E-state index is -3.04. The third-order valence-corrected chi connectivity index (χ3v) is 7.88. The molecule has 3 N–H and O–H groups in total. The van der Waals surface area contributed by atoms with Crippen molar-refractivity contribution in [3.8, 4) is 5.75 Å². The molecule has 0 bridgehead atoms. The molecular weight excluding hydrogens is 599 g/mol. The lowest BCUT2D eigenvalue weighted by molar-refractivity contribution is -0.379. The molecule has 2 aliphatic rings. The van der Waals surface area contributed by atoms with Crippen molar-refractivity contribution in [1.82, 2.24) is 10.2 Å². The number of nitrogens with zero attached hydrogens (tertiary/aromatic N) is 1. The Labute approximate surface area is 225 Å². The van der Waals surface area contributed by atoms with Gasteiger partial charge in [-0.1, -0.05) is 6.07 Å². The summed E-state index contributed by atoms with van der Waals surface area (Å²) >= 11 is 0. The third kappa shape index (κ3) is 6.22. The first kappa shape index (κ1) is 26.1. The summed E-state index contributed by atoms with van der Waals surface area (Å²) in [5, 5.41) is 12.4. The van der Waals surface area contributed by atoms with Gasteiger partial charge in [0.15, 0.2) is 15.7 Å². The number of anilines is 2. The minimum absolute atomic E-state index is 0. The van der Waals surface area contributed by atoms with Crippen LogP contribution in [0.2, 0.25) is 0 Å². The van der Waals surface area contributed by atoms with Crippen LogP contribution in [0.25, 0.3) is 0 Å². The average molecular weight is 624 g/mol. The standard InChI is InChI=1S/C24H24N4O6S.HI/c29-24(34-21-9-5-18(28-30)6-10-21)33-20-7-2-15(3-8-20)22-12-23(27-26-22)25-19-4-1-16-13-35(31,32)14-17(16)11-19;/h1,4-6,9-12,15,20H,2-3,7-8,13-14H2,(H2,25,26,27);1H. The van der Waals surface area contributed by atoms with Gasteiger partial charge in [0.2, 0.25) is 0 Å². The quantitative estimate of drug-likeness (QED) is 0.202. The number of benzene rings is 2. The molecule has 1 fully saturated rings. The van der Waals surface area contributed by atoms with Gasteiger partial charge in [0.25, 0.3) is 5.69 Å². The molecule has 12 heteroatoms. The summed E-state index contributed by atoms with van der Waals surface area (Å²) in [7, 11) is -3.04. The fourth-order valence-corrected chi connectivity index (χ4v) is 6.20. The van der Waals surface area contributed by atoms with Crippen molar-refractivity contribution in [2.45, 2.75) is 49.2 Å². The Balaban J connectivity index is 0.00000304. The van der Waals surface area contributed by atoms with E-state index in [0.717, 1.165) is 35.3 Å². The maximum Gasteiger partial charge on any atom is 0.514 e.